The van der Waals surface area contributed by atoms with E-state index in [0.29, 0.717) is 27.7 Å². The molecule has 2 amide bonds. The highest BCUT2D eigenvalue weighted by Gasteiger charge is 2.31. The van der Waals surface area contributed by atoms with Crippen LogP contribution in [0.1, 0.15) is 5.56 Å². The Labute approximate surface area is 199 Å². The highest BCUT2D eigenvalue weighted by atomic mass is 19.4. The lowest BCUT2D eigenvalue weighted by molar-refractivity contribution is -0.274. The van der Waals surface area contributed by atoms with Gasteiger partial charge in [0.2, 0.25) is 0 Å². The summed E-state index contributed by atoms with van der Waals surface area (Å²) < 4.78 is 84.9. The molecule has 0 aliphatic rings. The van der Waals surface area contributed by atoms with Crippen LogP contribution < -0.4 is 20.1 Å². The summed E-state index contributed by atoms with van der Waals surface area (Å²) in [5.74, 6) is -0.297. The van der Waals surface area contributed by atoms with Gasteiger partial charge in [0, 0.05) is 34.4 Å². The van der Waals surface area contributed by atoms with Crippen molar-refractivity contribution in [1.82, 2.24) is 4.98 Å². The average Bonchev–Trinajstić information content (AvgIpc) is 3.19. The van der Waals surface area contributed by atoms with E-state index in [0.717, 1.165) is 36.4 Å². The first-order valence-electron chi connectivity index (χ1n) is 10.2. The molecule has 0 spiro atoms. The van der Waals surface area contributed by atoms with E-state index in [1.165, 1.54) is 19.4 Å². The number of aromatic amines is 1. The van der Waals surface area contributed by atoms with Gasteiger partial charge in [-0.1, -0.05) is 6.07 Å². The van der Waals surface area contributed by atoms with Gasteiger partial charge >= 0.3 is 18.6 Å². The highest BCUT2D eigenvalue weighted by Crippen LogP contribution is 2.37. The third-order valence-corrected chi connectivity index (χ3v) is 5.12. The Bertz CT molecular complexity index is 1400. The van der Waals surface area contributed by atoms with Crippen LogP contribution in [-0.4, -0.2) is 24.5 Å². The van der Waals surface area contributed by atoms with Crippen molar-refractivity contribution in [3.05, 3.63) is 72.4 Å². The summed E-state index contributed by atoms with van der Waals surface area (Å²) in [6.07, 6.45) is -7.81. The largest absolute Gasteiger partial charge is 0.573 e. The number of hydrogen-bond acceptors (Lipinski definition) is 3. The van der Waals surface area contributed by atoms with Crippen molar-refractivity contribution in [3.63, 3.8) is 0 Å². The SMILES string of the molecule is COc1cc(OC(F)(F)F)ccc1-c1ccc2[nH]cc(NC(=O)Nc3ccc(C(F)(F)F)cc3)c2c1. The minimum Gasteiger partial charge on any atom is -0.496 e. The van der Waals surface area contributed by atoms with Crippen molar-refractivity contribution < 1.29 is 40.6 Å². The Morgan fingerprint density at radius 2 is 1.61 bits per heavy atom. The summed E-state index contributed by atoms with van der Waals surface area (Å²) in [5, 5.41) is 5.65. The number of alkyl halides is 6. The molecule has 0 unspecified atom stereocenters. The smallest absolute Gasteiger partial charge is 0.496 e. The summed E-state index contributed by atoms with van der Waals surface area (Å²) in [6, 6.07) is 12.1. The second kappa shape index (κ2) is 9.36. The maximum absolute atomic E-state index is 12.7. The van der Waals surface area contributed by atoms with Gasteiger partial charge in [0.1, 0.15) is 11.5 Å². The maximum atomic E-state index is 12.7. The Balaban J connectivity index is 1.56. The first-order chi connectivity index (χ1) is 16.9. The van der Waals surface area contributed by atoms with E-state index in [2.05, 4.69) is 20.4 Å². The van der Waals surface area contributed by atoms with Crippen molar-refractivity contribution in [2.24, 2.45) is 0 Å². The highest BCUT2D eigenvalue weighted by molar-refractivity contribution is 6.06. The number of ether oxygens (including phenoxy) is 2. The predicted octanol–water partition coefficient (Wildman–Crippen LogP) is 7.40. The molecule has 0 atom stereocenters. The summed E-state index contributed by atoms with van der Waals surface area (Å²) in [4.78, 5) is 15.4. The lowest BCUT2D eigenvalue weighted by Gasteiger charge is -2.13. The number of urea groups is 1. The van der Waals surface area contributed by atoms with Crippen LogP contribution in [0.5, 0.6) is 11.5 Å². The lowest BCUT2D eigenvalue weighted by Crippen LogP contribution is -2.19. The average molecular weight is 509 g/mol. The second-order valence-corrected chi connectivity index (χ2v) is 7.53. The number of carbonyl (C=O) groups excluding carboxylic acids is 1. The van der Waals surface area contributed by atoms with E-state index in [9.17, 15) is 31.1 Å². The lowest BCUT2D eigenvalue weighted by atomic mass is 10.0. The van der Waals surface area contributed by atoms with E-state index in [1.54, 1.807) is 18.2 Å². The number of fused-ring (bicyclic) bond motifs is 1. The van der Waals surface area contributed by atoms with Crippen molar-refractivity contribution in [1.29, 1.82) is 0 Å². The maximum Gasteiger partial charge on any atom is 0.573 e. The number of benzene rings is 3. The van der Waals surface area contributed by atoms with Crippen LogP contribution in [0.15, 0.2) is 66.9 Å². The van der Waals surface area contributed by atoms with Gasteiger partial charge in [-0.15, -0.1) is 13.2 Å². The topological polar surface area (TPSA) is 75.4 Å². The molecule has 12 heteroatoms. The van der Waals surface area contributed by atoms with E-state index in [1.807, 2.05) is 0 Å². The molecular weight excluding hydrogens is 492 g/mol. The fourth-order valence-electron chi connectivity index (χ4n) is 3.53. The Morgan fingerprint density at radius 3 is 2.25 bits per heavy atom. The second-order valence-electron chi connectivity index (χ2n) is 7.53. The van der Waals surface area contributed by atoms with Crippen LogP contribution in [0.3, 0.4) is 0 Å². The van der Waals surface area contributed by atoms with Crippen molar-refractivity contribution in [2.45, 2.75) is 12.5 Å². The molecule has 0 fully saturated rings. The molecule has 6 nitrogen and oxygen atoms in total. The van der Waals surface area contributed by atoms with Crippen LogP contribution in [-0.2, 0) is 6.18 Å². The Hall–Kier alpha value is -4.35. The van der Waals surface area contributed by atoms with Gasteiger partial charge in [-0.3, -0.25) is 0 Å². The summed E-state index contributed by atoms with van der Waals surface area (Å²) in [6.45, 7) is 0. The number of aromatic nitrogens is 1. The standard InChI is InChI=1S/C24H17F6N3O3/c1-35-21-11-16(36-24(28,29)30)7-8-17(21)13-2-9-19-18(10-13)20(12-31-19)33-22(34)32-15-5-3-14(4-6-15)23(25,26)27/h2-12,31H,1H3,(H2,32,33,34). The zero-order valence-corrected chi connectivity index (χ0v) is 18.3. The number of amides is 2. The molecule has 4 rings (SSSR count). The van der Waals surface area contributed by atoms with Gasteiger partial charge in [0.05, 0.1) is 18.4 Å². The molecule has 188 valence electrons. The van der Waals surface area contributed by atoms with Crippen LogP contribution >= 0.6 is 0 Å². The van der Waals surface area contributed by atoms with Crippen LogP contribution in [0, 0.1) is 0 Å². The summed E-state index contributed by atoms with van der Waals surface area (Å²) >= 11 is 0. The Morgan fingerprint density at radius 1 is 0.889 bits per heavy atom. The summed E-state index contributed by atoms with van der Waals surface area (Å²) in [5.41, 5.74) is 1.41. The number of methoxy groups -OCH3 is 1. The van der Waals surface area contributed by atoms with E-state index >= 15 is 0 Å². The fourth-order valence-corrected chi connectivity index (χ4v) is 3.53. The zero-order chi connectivity index (χ0) is 26.1. The van der Waals surface area contributed by atoms with Gasteiger partial charge in [-0.2, -0.15) is 13.2 Å². The minimum atomic E-state index is -4.85. The number of carbonyl (C=O) groups is 1. The van der Waals surface area contributed by atoms with Crippen molar-refractivity contribution in [3.8, 4) is 22.6 Å². The molecule has 4 aromatic rings. The number of halogens is 6. The third-order valence-electron chi connectivity index (χ3n) is 5.12. The van der Waals surface area contributed by atoms with Gasteiger partial charge in [0.15, 0.2) is 0 Å². The van der Waals surface area contributed by atoms with Crippen LogP contribution in [0.4, 0.5) is 42.5 Å². The third kappa shape index (κ3) is 5.65. The Kier molecular flexibility index (Phi) is 6.44. The molecular formula is C24H17F6N3O3. The molecule has 3 aromatic carbocycles. The number of H-pyrrole nitrogens is 1. The van der Waals surface area contributed by atoms with Gasteiger partial charge in [-0.05, 0) is 54.1 Å². The van der Waals surface area contributed by atoms with E-state index in [-0.39, 0.29) is 11.4 Å². The van der Waals surface area contributed by atoms with Gasteiger partial charge in [-0.25, -0.2) is 4.79 Å². The molecule has 0 bridgehead atoms. The quantitative estimate of drug-likeness (QED) is 0.245. The zero-order valence-electron chi connectivity index (χ0n) is 18.3. The molecule has 3 N–H and O–H groups in total. The number of hydrogen-bond donors (Lipinski definition) is 3. The minimum absolute atomic E-state index is 0.140. The van der Waals surface area contributed by atoms with Crippen molar-refractivity contribution in [2.75, 3.05) is 17.7 Å². The number of rotatable bonds is 5. The molecule has 1 aromatic heterocycles. The monoisotopic (exact) mass is 509 g/mol. The molecule has 1 heterocycles. The summed E-state index contributed by atoms with van der Waals surface area (Å²) in [7, 11) is 1.31. The first-order valence-corrected chi connectivity index (χ1v) is 10.2. The van der Waals surface area contributed by atoms with Gasteiger partial charge in [0.25, 0.3) is 0 Å². The normalized spacial score (nSPS) is 11.9. The van der Waals surface area contributed by atoms with Gasteiger partial charge < -0.3 is 25.1 Å². The molecule has 36 heavy (non-hydrogen) atoms. The number of anilines is 2. The molecule has 0 aliphatic carbocycles. The molecule has 0 radical (unpaired) electrons. The number of nitrogens with one attached hydrogen (secondary N) is 3. The molecule has 0 saturated heterocycles. The van der Waals surface area contributed by atoms with Crippen molar-refractivity contribution >= 4 is 28.3 Å². The fraction of sp³-hybridized carbons (Fsp3) is 0.125. The van der Waals surface area contributed by atoms with E-state index in [4.69, 9.17) is 4.74 Å². The van der Waals surface area contributed by atoms with Crippen LogP contribution in [0.2, 0.25) is 0 Å². The van der Waals surface area contributed by atoms with E-state index < -0.39 is 29.9 Å². The molecule has 0 aliphatic heterocycles. The van der Waals surface area contributed by atoms with Crippen LogP contribution in [0.25, 0.3) is 22.0 Å². The first kappa shape index (κ1) is 24.8. The molecule has 0 saturated carbocycles. The predicted molar refractivity (Wildman–Crippen MR) is 121 cm³/mol.